The molecule has 1 saturated heterocycles. The normalized spacial score (nSPS) is 16.8. The molecule has 0 aliphatic carbocycles. The van der Waals surface area contributed by atoms with Crippen molar-refractivity contribution in [3.8, 4) is 22.9 Å². The van der Waals surface area contributed by atoms with Crippen LogP contribution in [0.4, 0.5) is 0 Å². The highest BCUT2D eigenvalue weighted by Crippen LogP contribution is 2.31. The lowest BCUT2D eigenvalue weighted by Gasteiger charge is -2.08. The van der Waals surface area contributed by atoms with Gasteiger partial charge in [0.1, 0.15) is 0 Å². The van der Waals surface area contributed by atoms with Crippen LogP contribution in [0.2, 0.25) is 0 Å². The fraction of sp³-hybridized carbons (Fsp3) is 0.438. The van der Waals surface area contributed by atoms with Gasteiger partial charge in [-0.15, -0.1) is 0 Å². The van der Waals surface area contributed by atoms with Crippen LogP contribution in [0.1, 0.15) is 18.7 Å². The number of amides is 1. The number of nitrogens with one attached hydrogen (secondary N) is 2. The number of methoxy groups -OCH3 is 2. The van der Waals surface area contributed by atoms with Crippen molar-refractivity contribution in [2.45, 2.75) is 25.4 Å². The molecule has 128 valence electrons. The van der Waals surface area contributed by atoms with E-state index in [-0.39, 0.29) is 18.5 Å². The molecule has 0 bridgehead atoms. The monoisotopic (exact) mass is 332 g/mol. The lowest BCUT2D eigenvalue weighted by Crippen LogP contribution is -2.40. The maximum Gasteiger partial charge on any atom is 0.246 e. The Morgan fingerprint density at radius 2 is 2.21 bits per heavy atom. The average molecular weight is 332 g/mol. The topological polar surface area (TPSA) is 98.5 Å². The number of aromatic nitrogens is 2. The molecule has 2 N–H and O–H groups in total. The fourth-order valence-electron chi connectivity index (χ4n) is 2.61. The van der Waals surface area contributed by atoms with Crippen molar-refractivity contribution in [1.29, 1.82) is 0 Å². The van der Waals surface area contributed by atoms with Gasteiger partial charge in [0, 0.05) is 5.56 Å². The van der Waals surface area contributed by atoms with Gasteiger partial charge in [0.05, 0.1) is 26.8 Å². The SMILES string of the molecule is COc1ccc(-c2noc(CNC(=O)C3CCCN3)n2)cc1OC. The van der Waals surface area contributed by atoms with Gasteiger partial charge in [-0.1, -0.05) is 5.16 Å². The summed E-state index contributed by atoms with van der Waals surface area (Å²) in [5, 5.41) is 9.89. The Morgan fingerprint density at radius 3 is 2.92 bits per heavy atom. The van der Waals surface area contributed by atoms with Gasteiger partial charge in [-0.25, -0.2) is 0 Å². The lowest BCUT2D eigenvalue weighted by molar-refractivity contribution is -0.123. The zero-order chi connectivity index (χ0) is 16.9. The van der Waals surface area contributed by atoms with E-state index in [1.807, 2.05) is 6.07 Å². The van der Waals surface area contributed by atoms with Gasteiger partial charge in [0.15, 0.2) is 11.5 Å². The Hall–Kier alpha value is -2.61. The highest BCUT2D eigenvalue weighted by atomic mass is 16.5. The van der Waals surface area contributed by atoms with E-state index in [1.165, 1.54) is 0 Å². The van der Waals surface area contributed by atoms with Crippen molar-refractivity contribution >= 4 is 5.91 Å². The molecule has 8 heteroatoms. The van der Waals surface area contributed by atoms with Gasteiger partial charge in [0.2, 0.25) is 17.6 Å². The first-order chi connectivity index (χ1) is 11.7. The Bertz CT molecular complexity index is 710. The number of carbonyl (C=O) groups is 1. The molecule has 2 heterocycles. The minimum Gasteiger partial charge on any atom is -0.493 e. The van der Waals surface area contributed by atoms with Crippen LogP contribution in [0.3, 0.4) is 0 Å². The first kappa shape index (κ1) is 16.3. The van der Waals surface area contributed by atoms with E-state index in [0.717, 1.165) is 24.9 Å². The summed E-state index contributed by atoms with van der Waals surface area (Å²) in [6.45, 7) is 1.08. The van der Waals surface area contributed by atoms with Crippen LogP contribution in [0, 0.1) is 0 Å². The number of carbonyl (C=O) groups excluding carboxylic acids is 1. The van der Waals surface area contributed by atoms with E-state index in [2.05, 4.69) is 20.8 Å². The fourth-order valence-corrected chi connectivity index (χ4v) is 2.61. The average Bonchev–Trinajstić information content (AvgIpc) is 3.30. The molecule has 1 fully saturated rings. The third-order valence-corrected chi connectivity index (χ3v) is 3.90. The number of ether oxygens (including phenoxy) is 2. The minimum atomic E-state index is -0.127. The van der Waals surface area contributed by atoms with E-state index in [9.17, 15) is 4.79 Å². The number of benzene rings is 1. The van der Waals surface area contributed by atoms with Gasteiger partial charge in [-0.2, -0.15) is 4.98 Å². The second kappa shape index (κ2) is 7.31. The van der Waals surface area contributed by atoms with Crippen LogP contribution in [-0.4, -0.2) is 42.9 Å². The molecular weight excluding hydrogens is 312 g/mol. The van der Waals surface area contributed by atoms with Gasteiger partial charge in [0.25, 0.3) is 0 Å². The molecule has 3 rings (SSSR count). The van der Waals surface area contributed by atoms with E-state index < -0.39 is 0 Å². The zero-order valence-corrected chi connectivity index (χ0v) is 13.7. The molecule has 1 unspecified atom stereocenters. The first-order valence-corrected chi connectivity index (χ1v) is 7.77. The van der Waals surface area contributed by atoms with Crippen LogP contribution in [0.25, 0.3) is 11.4 Å². The molecule has 1 atom stereocenters. The Labute approximate surface area is 139 Å². The van der Waals surface area contributed by atoms with Crippen molar-refractivity contribution in [1.82, 2.24) is 20.8 Å². The predicted octanol–water partition coefficient (Wildman–Crippen LogP) is 1.12. The van der Waals surface area contributed by atoms with E-state index in [0.29, 0.717) is 23.2 Å². The zero-order valence-electron chi connectivity index (χ0n) is 13.7. The van der Waals surface area contributed by atoms with Gasteiger partial charge < -0.3 is 24.6 Å². The Balaban J connectivity index is 1.65. The largest absolute Gasteiger partial charge is 0.493 e. The second-order valence-corrected chi connectivity index (χ2v) is 5.45. The van der Waals surface area contributed by atoms with Gasteiger partial charge in [-0.05, 0) is 37.6 Å². The predicted molar refractivity (Wildman–Crippen MR) is 85.7 cm³/mol. The molecule has 0 radical (unpaired) electrons. The molecule has 1 aliphatic heterocycles. The summed E-state index contributed by atoms with van der Waals surface area (Å²) >= 11 is 0. The third kappa shape index (κ3) is 3.48. The lowest BCUT2D eigenvalue weighted by atomic mass is 10.2. The maximum atomic E-state index is 12.0. The summed E-state index contributed by atoms with van der Waals surface area (Å²) in [7, 11) is 3.14. The second-order valence-electron chi connectivity index (χ2n) is 5.45. The van der Waals surface area contributed by atoms with Gasteiger partial charge >= 0.3 is 0 Å². The van der Waals surface area contributed by atoms with Crippen LogP contribution < -0.4 is 20.1 Å². The highest BCUT2D eigenvalue weighted by molar-refractivity contribution is 5.81. The summed E-state index contributed by atoms with van der Waals surface area (Å²) in [5.74, 6) is 1.95. The van der Waals surface area contributed by atoms with Crippen LogP contribution >= 0.6 is 0 Å². The van der Waals surface area contributed by atoms with Gasteiger partial charge in [-0.3, -0.25) is 4.79 Å². The minimum absolute atomic E-state index is 0.0432. The summed E-state index contributed by atoms with van der Waals surface area (Å²) in [6.07, 6.45) is 1.87. The van der Waals surface area contributed by atoms with Crippen molar-refractivity contribution in [3.05, 3.63) is 24.1 Å². The molecular formula is C16H20N4O4. The smallest absolute Gasteiger partial charge is 0.246 e. The van der Waals surface area contributed by atoms with Crippen LogP contribution in [-0.2, 0) is 11.3 Å². The molecule has 1 aromatic carbocycles. The quantitative estimate of drug-likeness (QED) is 0.818. The molecule has 1 aliphatic rings. The Morgan fingerprint density at radius 1 is 1.38 bits per heavy atom. The van der Waals surface area contributed by atoms with Crippen molar-refractivity contribution in [2.75, 3.05) is 20.8 Å². The molecule has 24 heavy (non-hydrogen) atoms. The molecule has 0 saturated carbocycles. The van der Waals surface area contributed by atoms with Crippen LogP contribution in [0.15, 0.2) is 22.7 Å². The summed E-state index contributed by atoms with van der Waals surface area (Å²) < 4.78 is 15.7. The Kier molecular flexibility index (Phi) is 4.95. The molecule has 0 spiro atoms. The molecule has 1 aromatic heterocycles. The maximum absolute atomic E-state index is 12.0. The number of rotatable bonds is 6. The van der Waals surface area contributed by atoms with E-state index >= 15 is 0 Å². The van der Waals surface area contributed by atoms with Crippen molar-refractivity contribution in [2.24, 2.45) is 0 Å². The van der Waals surface area contributed by atoms with Crippen LogP contribution in [0.5, 0.6) is 11.5 Å². The van der Waals surface area contributed by atoms with Crippen molar-refractivity contribution in [3.63, 3.8) is 0 Å². The number of hydrogen-bond acceptors (Lipinski definition) is 7. The molecule has 2 aromatic rings. The molecule has 1 amide bonds. The number of hydrogen-bond donors (Lipinski definition) is 2. The third-order valence-electron chi connectivity index (χ3n) is 3.90. The highest BCUT2D eigenvalue weighted by Gasteiger charge is 2.22. The summed E-state index contributed by atoms with van der Waals surface area (Å²) in [5.41, 5.74) is 0.742. The first-order valence-electron chi connectivity index (χ1n) is 7.77. The number of nitrogens with zero attached hydrogens (tertiary/aromatic N) is 2. The summed E-state index contributed by atoms with van der Waals surface area (Å²) in [4.78, 5) is 16.3. The van der Waals surface area contributed by atoms with Crippen molar-refractivity contribution < 1.29 is 18.8 Å². The van der Waals surface area contributed by atoms with E-state index in [1.54, 1.807) is 26.4 Å². The standard InChI is InChI=1S/C16H20N4O4/c1-22-12-6-5-10(8-13(12)23-2)15-19-14(24-20-15)9-18-16(21)11-4-3-7-17-11/h5-6,8,11,17H,3-4,7,9H2,1-2H3,(H,18,21). The molecule has 8 nitrogen and oxygen atoms in total. The summed E-state index contributed by atoms with van der Waals surface area (Å²) in [6, 6.07) is 5.24. The van der Waals surface area contributed by atoms with E-state index in [4.69, 9.17) is 14.0 Å².